The van der Waals surface area contributed by atoms with Gasteiger partial charge in [0.25, 0.3) is 0 Å². The van der Waals surface area contributed by atoms with Crippen LogP contribution in [-0.2, 0) is 14.2 Å². The number of rotatable bonds is 14. The van der Waals surface area contributed by atoms with Gasteiger partial charge in [0.1, 0.15) is 0 Å². The lowest BCUT2D eigenvalue weighted by Gasteiger charge is -2.05. The van der Waals surface area contributed by atoms with Gasteiger partial charge in [-0.1, -0.05) is 19.3 Å². The summed E-state index contributed by atoms with van der Waals surface area (Å²) in [5, 5.41) is 3.16. The Morgan fingerprint density at radius 2 is 1.29 bits per heavy atom. The van der Waals surface area contributed by atoms with Gasteiger partial charge in [-0.15, -0.1) is 0 Å². The number of nitrogens with one attached hydrogen (secondary N) is 1. The van der Waals surface area contributed by atoms with E-state index in [4.69, 9.17) is 14.2 Å². The summed E-state index contributed by atoms with van der Waals surface area (Å²) >= 11 is 0. The lowest BCUT2D eigenvalue weighted by molar-refractivity contribution is 0.0239. The van der Waals surface area contributed by atoms with Crippen LogP contribution in [0.5, 0.6) is 0 Å². The molecule has 17 heavy (non-hydrogen) atoms. The van der Waals surface area contributed by atoms with Crippen LogP contribution in [0.2, 0.25) is 0 Å². The molecule has 0 saturated heterocycles. The summed E-state index contributed by atoms with van der Waals surface area (Å²) in [6, 6.07) is 0. The lowest BCUT2D eigenvalue weighted by Crippen LogP contribution is -2.09. The predicted molar refractivity (Wildman–Crippen MR) is 70.5 cm³/mol. The first-order valence-corrected chi connectivity index (χ1v) is 6.71. The first kappa shape index (κ1) is 16.8. The van der Waals surface area contributed by atoms with Crippen LogP contribution in [-0.4, -0.2) is 53.7 Å². The third kappa shape index (κ3) is 15.8. The van der Waals surface area contributed by atoms with Crippen LogP contribution in [0.1, 0.15) is 32.1 Å². The SMILES string of the molecule is CNCCCCCCCOCCOCCOC. The van der Waals surface area contributed by atoms with Crippen molar-refractivity contribution in [3.05, 3.63) is 0 Å². The van der Waals surface area contributed by atoms with Gasteiger partial charge in [-0.05, 0) is 26.4 Å². The minimum atomic E-state index is 0.658. The molecule has 0 aliphatic carbocycles. The molecule has 0 saturated carbocycles. The molecule has 0 aromatic carbocycles. The van der Waals surface area contributed by atoms with Gasteiger partial charge >= 0.3 is 0 Å². The summed E-state index contributed by atoms with van der Waals surface area (Å²) in [6.07, 6.45) is 6.35. The Labute approximate surface area is 106 Å². The van der Waals surface area contributed by atoms with E-state index in [1.807, 2.05) is 7.05 Å². The summed E-state index contributed by atoms with van der Waals surface area (Å²) in [5.41, 5.74) is 0. The van der Waals surface area contributed by atoms with E-state index in [1.165, 1.54) is 25.7 Å². The monoisotopic (exact) mass is 247 g/mol. The van der Waals surface area contributed by atoms with Crippen molar-refractivity contribution in [2.75, 3.05) is 53.7 Å². The molecule has 0 bridgehead atoms. The average Bonchev–Trinajstić information content (AvgIpc) is 2.35. The van der Waals surface area contributed by atoms with Crippen LogP contribution < -0.4 is 5.32 Å². The second-order valence-electron chi connectivity index (χ2n) is 4.09. The van der Waals surface area contributed by atoms with Gasteiger partial charge in [0.15, 0.2) is 0 Å². The number of ether oxygens (including phenoxy) is 3. The molecule has 0 aliphatic rings. The summed E-state index contributed by atoms with van der Waals surface area (Å²) in [6.45, 7) is 4.68. The quantitative estimate of drug-likeness (QED) is 0.475. The van der Waals surface area contributed by atoms with Crippen LogP contribution in [0.25, 0.3) is 0 Å². The molecule has 0 atom stereocenters. The molecular weight excluding hydrogens is 218 g/mol. The van der Waals surface area contributed by atoms with E-state index in [-0.39, 0.29) is 0 Å². The Morgan fingerprint density at radius 1 is 0.706 bits per heavy atom. The van der Waals surface area contributed by atoms with Crippen LogP contribution in [0.3, 0.4) is 0 Å². The van der Waals surface area contributed by atoms with Gasteiger partial charge in [0.05, 0.1) is 26.4 Å². The molecular formula is C13H29NO3. The van der Waals surface area contributed by atoms with E-state index in [2.05, 4.69) is 5.32 Å². The fourth-order valence-corrected chi connectivity index (χ4v) is 1.50. The second kappa shape index (κ2) is 15.8. The van der Waals surface area contributed by atoms with Crippen molar-refractivity contribution in [3.8, 4) is 0 Å². The Kier molecular flexibility index (Phi) is 15.7. The van der Waals surface area contributed by atoms with Crippen molar-refractivity contribution in [1.82, 2.24) is 5.32 Å². The topological polar surface area (TPSA) is 39.7 Å². The van der Waals surface area contributed by atoms with Gasteiger partial charge in [-0.25, -0.2) is 0 Å². The molecule has 0 aromatic rings. The summed E-state index contributed by atoms with van der Waals surface area (Å²) in [5.74, 6) is 0. The molecule has 0 amide bonds. The second-order valence-corrected chi connectivity index (χ2v) is 4.09. The molecule has 0 fully saturated rings. The first-order valence-electron chi connectivity index (χ1n) is 6.71. The van der Waals surface area contributed by atoms with E-state index in [1.54, 1.807) is 7.11 Å². The predicted octanol–water partition coefficient (Wildman–Crippen LogP) is 1.84. The third-order valence-corrected chi connectivity index (χ3v) is 2.52. The van der Waals surface area contributed by atoms with E-state index in [0.29, 0.717) is 26.4 Å². The highest BCUT2D eigenvalue weighted by molar-refractivity contribution is 4.46. The molecule has 0 aromatic heterocycles. The van der Waals surface area contributed by atoms with Gasteiger partial charge in [0, 0.05) is 13.7 Å². The van der Waals surface area contributed by atoms with E-state index in [9.17, 15) is 0 Å². The van der Waals surface area contributed by atoms with Crippen molar-refractivity contribution in [2.45, 2.75) is 32.1 Å². The third-order valence-electron chi connectivity index (χ3n) is 2.52. The van der Waals surface area contributed by atoms with Crippen LogP contribution >= 0.6 is 0 Å². The van der Waals surface area contributed by atoms with Crippen LogP contribution in [0.15, 0.2) is 0 Å². The van der Waals surface area contributed by atoms with Crippen molar-refractivity contribution in [2.24, 2.45) is 0 Å². The average molecular weight is 247 g/mol. The highest BCUT2D eigenvalue weighted by Crippen LogP contribution is 2.02. The van der Waals surface area contributed by atoms with Crippen LogP contribution in [0.4, 0.5) is 0 Å². The molecule has 0 rings (SSSR count). The summed E-state index contributed by atoms with van der Waals surface area (Å²) in [4.78, 5) is 0. The summed E-state index contributed by atoms with van der Waals surface area (Å²) < 4.78 is 15.6. The maximum absolute atomic E-state index is 5.46. The van der Waals surface area contributed by atoms with Gasteiger partial charge in [-0.3, -0.25) is 0 Å². The van der Waals surface area contributed by atoms with Crippen molar-refractivity contribution in [1.29, 1.82) is 0 Å². The summed E-state index contributed by atoms with van der Waals surface area (Å²) in [7, 11) is 3.68. The highest BCUT2D eigenvalue weighted by atomic mass is 16.5. The Bertz CT molecular complexity index is 120. The molecule has 0 spiro atoms. The Hall–Kier alpha value is -0.160. The molecule has 0 aliphatic heterocycles. The van der Waals surface area contributed by atoms with Crippen LogP contribution in [0, 0.1) is 0 Å². The lowest BCUT2D eigenvalue weighted by atomic mass is 10.1. The fourth-order valence-electron chi connectivity index (χ4n) is 1.50. The zero-order valence-electron chi connectivity index (χ0n) is 11.5. The molecule has 0 unspecified atom stereocenters. The Balaban J connectivity index is 2.85. The minimum absolute atomic E-state index is 0.658. The zero-order valence-corrected chi connectivity index (χ0v) is 11.5. The normalized spacial score (nSPS) is 10.9. The molecule has 1 N–H and O–H groups in total. The maximum atomic E-state index is 5.46. The molecule has 4 heteroatoms. The smallest absolute Gasteiger partial charge is 0.0701 e. The highest BCUT2D eigenvalue weighted by Gasteiger charge is 1.92. The first-order chi connectivity index (χ1) is 8.41. The number of methoxy groups -OCH3 is 1. The van der Waals surface area contributed by atoms with E-state index < -0.39 is 0 Å². The van der Waals surface area contributed by atoms with E-state index in [0.717, 1.165) is 19.6 Å². The minimum Gasteiger partial charge on any atom is -0.382 e. The fraction of sp³-hybridized carbons (Fsp3) is 1.00. The zero-order chi connectivity index (χ0) is 12.6. The van der Waals surface area contributed by atoms with Gasteiger partial charge < -0.3 is 19.5 Å². The standard InChI is InChI=1S/C13H29NO3/c1-14-8-6-4-3-5-7-9-16-12-13-17-11-10-15-2/h14H,3-13H2,1-2H3. The van der Waals surface area contributed by atoms with Crippen molar-refractivity contribution < 1.29 is 14.2 Å². The Morgan fingerprint density at radius 3 is 2.00 bits per heavy atom. The molecule has 4 nitrogen and oxygen atoms in total. The van der Waals surface area contributed by atoms with Crippen molar-refractivity contribution >= 4 is 0 Å². The van der Waals surface area contributed by atoms with Crippen molar-refractivity contribution in [3.63, 3.8) is 0 Å². The molecule has 0 radical (unpaired) electrons. The number of unbranched alkanes of at least 4 members (excludes halogenated alkanes) is 4. The number of hydrogen-bond acceptors (Lipinski definition) is 4. The van der Waals surface area contributed by atoms with E-state index >= 15 is 0 Å². The van der Waals surface area contributed by atoms with Gasteiger partial charge in [0.2, 0.25) is 0 Å². The maximum Gasteiger partial charge on any atom is 0.0701 e. The largest absolute Gasteiger partial charge is 0.382 e. The van der Waals surface area contributed by atoms with Gasteiger partial charge in [-0.2, -0.15) is 0 Å². The number of hydrogen-bond donors (Lipinski definition) is 1. The molecule has 104 valence electrons. The molecule has 0 heterocycles.